The van der Waals surface area contributed by atoms with Gasteiger partial charge < -0.3 is 9.84 Å². The minimum absolute atomic E-state index is 0.172. The highest BCUT2D eigenvalue weighted by molar-refractivity contribution is 5.78. The Morgan fingerprint density at radius 3 is 2.43 bits per heavy atom. The zero-order valence-corrected chi connectivity index (χ0v) is 15.5. The van der Waals surface area contributed by atoms with E-state index >= 15 is 0 Å². The van der Waals surface area contributed by atoms with Gasteiger partial charge in [-0.3, -0.25) is 4.79 Å². The Morgan fingerprint density at radius 1 is 1.22 bits per heavy atom. The Bertz CT molecular complexity index is 526. The van der Waals surface area contributed by atoms with Gasteiger partial charge in [-0.05, 0) is 42.4 Å². The van der Waals surface area contributed by atoms with Crippen LogP contribution in [0.4, 0.5) is 0 Å². The maximum absolute atomic E-state index is 12.2. The number of hydrogen-bond acceptors (Lipinski definition) is 3. The molecule has 3 nitrogen and oxygen atoms in total. The molecule has 0 aliphatic heterocycles. The average Bonchev–Trinajstić information content (AvgIpc) is 2.47. The first-order valence-corrected chi connectivity index (χ1v) is 8.69. The fourth-order valence-electron chi connectivity index (χ4n) is 2.59. The SMILES string of the molecule is CCCCCCOC(=O)C(C)c1cc(C)c(O)c(C(C)(C)C)c1. The molecule has 1 rings (SSSR count). The maximum Gasteiger partial charge on any atom is 0.313 e. The van der Waals surface area contributed by atoms with E-state index in [1.807, 2.05) is 26.0 Å². The van der Waals surface area contributed by atoms with Crippen molar-refractivity contribution in [2.75, 3.05) is 6.61 Å². The van der Waals surface area contributed by atoms with Crippen molar-refractivity contribution in [1.82, 2.24) is 0 Å². The lowest BCUT2D eigenvalue weighted by molar-refractivity contribution is -0.145. The fourth-order valence-corrected chi connectivity index (χ4v) is 2.59. The highest BCUT2D eigenvalue weighted by atomic mass is 16.5. The molecule has 0 heterocycles. The Morgan fingerprint density at radius 2 is 1.87 bits per heavy atom. The summed E-state index contributed by atoms with van der Waals surface area (Å²) in [6.07, 6.45) is 4.38. The molecule has 1 N–H and O–H groups in total. The molecule has 0 spiro atoms. The molecule has 0 amide bonds. The second-order valence-electron chi connectivity index (χ2n) is 7.43. The first kappa shape index (κ1) is 19.5. The van der Waals surface area contributed by atoms with Crippen molar-refractivity contribution >= 4 is 5.97 Å². The number of esters is 1. The van der Waals surface area contributed by atoms with Gasteiger partial charge in [0.15, 0.2) is 0 Å². The second kappa shape index (κ2) is 8.37. The van der Waals surface area contributed by atoms with Crippen molar-refractivity contribution in [2.24, 2.45) is 0 Å². The van der Waals surface area contributed by atoms with Crippen molar-refractivity contribution in [3.8, 4) is 5.75 Å². The van der Waals surface area contributed by atoms with Gasteiger partial charge in [0.25, 0.3) is 0 Å². The van der Waals surface area contributed by atoms with Crippen LogP contribution in [0.2, 0.25) is 0 Å². The van der Waals surface area contributed by atoms with E-state index in [0.29, 0.717) is 12.4 Å². The minimum atomic E-state index is -0.318. The van der Waals surface area contributed by atoms with Gasteiger partial charge in [-0.25, -0.2) is 0 Å². The molecule has 0 fully saturated rings. The van der Waals surface area contributed by atoms with Crippen LogP contribution in [0.5, 0.6) is 5.75 Å². The van der Waals surface area contributed by atoms with Gasteiger partial charge in [-0.15, -0.1) is 0 Å². The van der Waals surface area contributed by atoms with Crippen LogP contribution in [0.1, 0.15) is 82.9 Å². The number of ether oxygens (including phenoxy) is 1. The molecule has 3 heteroatoms. The number of carbonyl (C=O) groups is 1. The van der Waals surface area contributed by atoms with Crippen LogP contribution in [-0.2, 0) is 14.9 Å². The summed E-state index contributed by atoms with van der Waals surface area (Å²) in [6, 6.07) is 3.82. The van der Waals surface area contributed by atoms with Crippen LogP contribution in [-0.4, -0.2) is 17.7 Å². The molecule has 130 valence electrons. The number of carbonyl (C=O) groups excluding carboxylic acids is 1. The smallest absolute Gasteiger partial charge is 0.313 e. The Balaban J connectivity index is 2.81. The number of hydrogen-bond donors (Lipinski definition) is 1. The highest BCUT2D eigenvalue weighted by Gasteiger charge is 2.24. The molecule has 0 aromatic heterocycles. The summed E-state index contributed by atoms with van der Waals surface area (Å²) in [6.45, 7) is 12.6. The number of unbranched alkanes of at least 4 members (excludes halogenated alkanes) is 3. The molecule has 1 aromatic rings. The topological polar surface area (TPSA) is 46.5 Å². The van der Waals surface area contributed by atoms with Crippen LogP contribution < -0.4 is 0 Å². The van der Waals surface area contributed by atoms with Crippen molar-refractivity contribution in [3.05, 3.63) is 28.8 Å². The third kappa shape index (κ3) is 5.56. The van der Waals surface area contributed by atoms with E-state index in [1.165, 1.54) is 12.8 Å². The Kier molecular flexibility index (Phi) is 7.11. The lowest BCUT2D eigenvalue weighted by Crippen LogP contribution is -2.17. The van der Waals surface area contributed by atoms with Crippen molar-refractivity contribution in [1.29, 1.82) is 0 Å². The second-order valence-corrected chi connectivity index (χ2v) is 7.43. The van der Waals surface area contributed by atoms with Gasteiger partial charge in [-0.2, -0.15) is 0 Å². The molecule has 1 aromatic carbocycles. The van der Waals surface area contributed by atoms with Crippen LogP contribution in [0.3, 0.4) is 0 Å². The van der Waals surface area contributed by atoms with Gasteiger partial charge in [0, 0.05) is 0 Å². The van der Waals surface area contributed by atoms with Crippen LogP contribution >= 0.6 is 0 Å². The van der Waals surface area contributed by atoms with E-state index in [9.17, 15) is 9.90 Å². The van der Waals surface area contributed by atoms with Crippen molar-refractivity contribution in [2.45, 2.75) is 78.6 Å². The summed E-state index contributed by atoms with van der Waals surface area (Å²) in [5.74, 6) is -0.186. The molecule has 0 aliphatic carbocycles. The van der Waals surface area contributed by atoms with E-state index in [1.54, 1.807) is 0 Å². The first-order chi connectivity index (χ1) is 10.7. The van der Waals surface area contributed by atoms with E-state index in [-0.39, 0.29) is 17.3 Å². The minimum Gasteiger partial charge on any atom is -0.507 e. The molecular weight excluding hydrogens is 288 g/mol. The number of phenols is 1. The predicted molar refractivity (Wildman–Crippen MR) is 95.1 cm³/mol. The number of aryl methyl sites for hydroxylation is 1. The van der Waals surface area contributed by atoms with Crippen LogP contribution in [0.25, 0.3) is 0 Å². The van der Waals surface area contributed by atoms with Gasteiger partial charge in [0.05, 0.1) is 12.5 Å². The van der Waals surface area contributed by atoms with Gasteiger partial charge >= 0.3 is 5.97 Å². The van der Waals surface area contributed by atoms with E-state index in [0.717, 1.165) is 29.5 Å². The monoisotopic (exact) mass is 320 g/mol. The zero-order chi connectivity index (χ0) is 17.6. The van der Waals surface area contributed by atoms with E-state index in [4.69, 9.17) is 4.74 Å². The Labute approximate surface area is 141 Å². The summed E-state index contributed by atoms with van der Waals surface area (Å²) >= 11 is 0. The van der Waals surface area contributed by atoms with Gasteiger partial charge in [0.2, 0.25) is 0 Å². The summed E-state index contributed by atoms with van der Waals surface area (Å²) in [4.78, 5) is 12.2. The molecule has 0 aliphatic rings. The summed E-state index contributed by atoms with van der Waals surface area (Å²) in [5, 5.41) is 10.3. The molecule has 0 radical (unpaired) electrons. The third-order valence-electron chi connectivity index (χ3n) is 4.23. The predicted octanol–water partition coefficient (Wildman–Crippen LogP) is 5.23. The average molecular weight is 320 g/mol. The largest absolute Gasteiger partial charge is 0.507 e. The first-order valence-electron chi connectivity index (χ1n) is 8.69. The number of phenolic OH excluding ortho intramolecular Hbond substituents is 1. The third-order valence-corrected chi connectivity index (χ3v) is 4.23. The fraction of sp³-hybridized carbons (Fsp3) is 0.650. The van der Waals surface area contributed by atoms with Crippen LogP contribution in [0.15, 0.2) is 12.1 Å². The van der Waals surface area contributed by atoms with Gasteiger partial charge in [-0.1, -0.05) is 59.1 Å². The van der Waals surface area contributed by atoms with Crippen molar-refractivity contribution in [3.63, 3.8) is 0 Å². The maximum atomic E-state index is 12.2. The van der Waals surface area contributed by atoms with Gasteiger partial charge in [0.1, 0.15) is 5.75 Å². The molecule has 23 heavy (non-hydrogen) atoms. The molecule has 0 bridgehead atoms. The molecule has 1 unspecified atom stereocenters. The number of rotatable bonds is 7. The standard InChI is InChI=1S/C20H32O3/c1-7-8-9-10-11-23-19(22)15(3)16-12-14(2)18(21)17(13-16)20(4,5)6/h12-13,15,21H,7-11H2,1-6H3. The lowest BCUT2D eigenvalue weighted by atomic mass is 9.82. The normalized spacial score (nSPS) is 13.0. The zero-order valence-electron chi connectivity index (χ0n) is 15.5. The van der Waals surface area contributed by atoms with Crippen molar-refractivity contribution < 1.29 is 14.6 Å². The quantitative estimate of drug-likeness (QED) is 0.553. The summed E-state index contributed by atoms with van der Waals surface area (Å²) in [5.41, 5.74) is 2.41. The number of benzene rings is 1. The molecule has 0 saturated heterocycles. The highest BCUT2D eigenvalue weighted by Crippen LogP contribution is 2.36. The summed E-state index contributed by atoms with van der Waals surface area (Å²) in [7, 11) is 0. The van der Waals surface area contributed by atoms with E-state index in [2.05, 4.69) is 27.7 Å². The number of aromatic hydroxyl groups is 1. The Hall–Kier alpha value is -1.51. The van der Waals surface area contributed by atoms with Crippen LogP contribution in [0, 0.1) is 6.92 Å². The molecule has 0 saturated carbocycles. The van der Waals surface area contributed by atoms with E-state index < -0.39 is 0 Å². The lowest BCUT2D eigenvalue weighted by Gasteiger charge is -2.24. The summed E-state index contributed by atoms with van der Waals surface area (Å²) < 4.78 is 5.40. The molecular formula is C20H32O3. The molecule has 1 atom stereocenters.